The molecule has 0 saturated heterocycles. The van der Waals surface area contributed by atoms with Crippen LogP contribution in [0.25, 0.3) is 11.0 Å². The topological polar surface area (TPSA) is 62.6 Å². The zero-order chi connectivity index (χ0) is 19.4. The standard InChI is InChI=1S/C20H18BrClN2O3/c1-2-24(12-18(25)23-11-13-6-8-15(22)9-7-13)20(26)17-10-14-4-3-5-16(21)19(14)27-17/h3-10H,2,11-12H2,1H3,(H,23,25). The number of nitrogens with zero attached hydrogens (tertiary/aromatic N) is 1. The second kappa shape index (κ2) is 8.59. The van der Waals surface area contributed by atoms with E-state index in [4.69, 9.17) is 16.0 Å². The predicted molar refractivity (Wildman–Crippen MR) is 109 cm³/mol. The van der Waals surface area contributed by atoms with Gasteiger partial charge in [0, 0.05) is 23.5 Å². The molecule has 1 N–H and O–H groups in total. The van der Waals surface area contributed by atoms with Gasteiger partial charge in [-0.2, -0.15) is 0 Å². The molecular weight excluding hydrogens is 432 g/mol. The highest BCUT2D eigenvalue weighted by Gasteiger charge is 2.21. The SMILES string of the molecule is CCN(CC(=O)NCc1ccc(Cl)cc1)C(=O)c1cc2cccc(Br)c2o1. The fourth-order valence-electron chi connectivity index (χ4n) is 2.65. The third-order valence-corrected chi connectivity index (χ3v) is 4.99. The van der Waals surface area contributed by atoms with Crippen LogP contribution in [0.2, 0.25) is 5.02 Å². The van der Waals surface area contributed by atoms with Gasteiger partial charge >= 0.3 is 0 Å². The number of furan rings is 1. The lowest BCUT2D eigenvalue weighted by Gasteiger charge is -2.19. The van der Waals surface area contributed by atoms with Crippen LogP contribution in [-0.4, -0.2) is 29.8 Å². The summed E-state index contributed by atoms with van der Waals surface area (Å²) in [5.74, 6) is -0.344. The quantitative estimate of drug-likeness (QED) is 0.597. The summed E-state index contributed by atoms with van der Waals surface area (Å²) in [7, 11) is 0. The Morgan fingerprint density at radius 1 is 1.19 bits per heavy atom. The van der Waals surface area contributed by atoms with Gasteiger partial charge < -0.3 is 14.6 Å². The van der Waals surface area contributed by atoms with Crippen molar-refractivity contribution in [3.05, 3.63) is 69.3 Å². The molecule has 0 radical (unpaired) electrons. The Morgan fingerprint density at radius 3 is 2.59 bits per heavy atom. The summed E-state index contributed by atoms with van der Waals surface area (Å²) >= 11 is 9.26. The number of carbonyl (C=O) groups excluding carboxylic acids is 2. The minimum absolute atomic E-state index is 0.0405. The highest BCUT2D eigenvalue weighted by atomic mass is 79.9. The monoisotopic (exact) mass is 448 g/mol. The van der Waals surface area contributed by atoms with Crippen LogP contribution >= 0.6 is 27.5 Å². The van der Waals surface area contributed by atoms with E-state index in [0.29, 0.717) is 23.7 Å². The van der Waals surface area contributed by atoms with E-state index in [9.17, 15) is 9.59 Å². The van der Waals surface area contributed by atoms with E-state index in [1.165, 1.54) is 4.90 Å². The molecule has 2 amide bonds. The predicted octanol–water partition coefficient (Wildman–Crippen LogP) is 4.63. The van der Waals surface area contributed by atoms with Gasteiger partial charge in [0.25, 0.3) is 5.91 Å². The zero-order valence-electron chi connectivity index (χ0n) is 14.7. The molecule has 0 atom stereocenters. The molecule has 3 aromatic rings. The third-order valence-electron chi connectivity index (χ3n) is 4.11. The van der Waals surface area contributed by atoms with Crippen LogP contribution in [0.4, 0.5) is 0 Å². The molecule has 0 bridgehead atoms. The van der Waals surface area contributed by atoms with Gasteiger partial charge in [0.15, 0.2) is 5.76 Å². The molecule has 0 aliphatic rings. The number of fused-ring (bicyclic) bond motifs is 1. The summed E-state index contributed by atoms with van der Waals surface area (Å²) in [5.41, 5.74) is 1.55. The average molecular weight is 450 g/mol. The molecule has 0 unspecified atom stereocenters. The minimum atomic E-state index is -0.317. The van der Waals surface area contributed by atoms with E-state index in [-0.39, 0.29) is 24.1 Å². The maximum Gasteiger partial charge on any atom is 0.290 e. The van der Waals surface area contributed by atoms with Crippen LogP contribution in [-0.2, 0) is 11.3 Å². The first-order valence-electron chi connectivity index (χ1n) is 8.46. The maximum absolute atomic E-state index is 12.7. The van der Waals surface area contributed by atoms with Gasteiger partial charge in [-0.1, -0.05) is 35.9 Å². The second-order valence-electron chi connectivity index (χ2n) is 5.99. The Labute approximate surface area is 170 Å². The van der Waals surface area contributed by atoms with Gasteiger partial charge in [-0.05, 0) is 52.7 Å². The highest BCUT2D eigenvalue weighted by molar-refractivity contribution is 9.10. The van der Waals surface area contributed by atoms with Crippen LogP contribution in [0.1, 0.15) is 23.0 Å². The van der Waals surface area contributed by atoms with E-state index in [2.05, 4.69) is 21.2 Å². The number of carbonyl (C=O) groups is 2. The molecule has 140 valence electrons. The van der Waals surface area contributed by atoms with E-state index in [1.54, 1.807) is 18.2 Å². The van der Waals surface area contributed by atoms with Crippen LogP contribution < -0.4 is 5.32 Å². The number of benzene rings is 2. The Hall–Kier alpha value is -2.31. The number of hydrogen-bond acceptors (Lipinski definition) is 3. The molecule has 0 aliphatic heterocycles. The van der Waals surface area contributed by atoms with Gasteiger partial charge in [-0.3, -0.25) is 9.59 Å². The van der Waals surface area contributed by atoms with E-state index in [1.807, 2.05) is 37.3 Å². The van der Waals surface area contributed by atoms with Gasteiger partial charge in [0.1, 0.15) is 5.58 Å². The number of rotatable bonds is 6. The normalized spacial score (nSPS) is 10.8. The fourth-order valence-corrected chi connectivity index (χ4v) is 3.24. The smallest absolute Gasteiger partial charge is 0.290 e. The zero-order valence-corrected chi connectivity index (χ0v) is 17.0. The summed E-state index contributed by atoms with van der Waals surface area (Å²) < 4.78 is 6.46. The number of hydrogen-bond donors (Lipinski definition) is 1. The van der Waals surface area contributed by atoms with Crippen molar-refractivity contribution in [2.24, 2.45) is 0 Å². The van der Waals surface area contributed by atoms with Crippen LogP contribution in [0.15, 0.2) is 57.4 Å². The van der Waals surface area contributed by atoms with Crippen molar-refractivity contribution in [1.82, 2.24) is 10.2 Å². The van der Waals surface area contributed by atoms with E-state index in [0.717, 1.165) is 15.4 Å². The third kappa shape index (κ3) is 4.70. The van der Waals surface area contributed by atoms with Crippen molar-refractivity contribution in [2.45, 2.75) is 13.5 Å². The fraction of sp³-hybridized carbons (Fsp3) is 0.200. The van der Waals surface area contributed by atoms with Gasteiger partial charge in [0.2, 0.25) is 5.91 Å². The Morgan fingerprint density at radius 2 is 1.93 bits per heavy atom. The van der Waals surface area contributed by atoms with Crippen LogP contribution in [0, 0.1) is 0 Å². The average Bonchev–Trinajstić information content (AvgIpc) is 3.11. The lowest BCUT2D eigenvalue weighted by molar-refractivity contribution is -0.121. The minimum Gasteiger partial charge on any atom is -0.450 e. The first-order valence-corrected chi connectivity index (χ1v) is 9.63. The maximum atomic E-state index is 12.7. The first-order chi connectivity index (χ1) is 13.0. The molecular formula is C20H18BrClN2O3. The summed E-state index contributed by atoms with van der Waals surface area (Å²) in [5, 5.41) is 4.28. The number of amides is 2. The number of halogens is 2. The van der Waals surface area contributed by atoms with Crippen molar-refractivity contribution in [3.63, 3.8) is 0 Å². The van der Waals surface area contributed by atoms with Gasteiger partial charge in [0.05, 0.1) is 11.0 Å². The summed E-state index contributed by atoms with van der Waals surface area (Å²) in [6, 6.07) is 14.5. The lowest BCUT2D eigenvalue weighted by Crippen LogP contribution is -2.40. The Kier molecular flexibility index (Phi) is 6.19. The van der Waals surface area contributed by atoms with Crippen molar-refractivity contribution >= 4 is 50.3 Å². The Balaban J connectivity index is 1.64. The molecule has 1 aromatic heterocycles. The number of nitrogens with one attached hydrogen (secondary N) is 1. The second-order valence-corrected chi connectivity index (χ2v) is 7.28. The van der Waals surface area contributed by atoms with Crippen LogP contribution in [0.3, 0.4) is 0 Å². The van der Waals surface area contributed by atoms with Crippen molar-refractivity contribution in [3.8, 4) is 0 Å². The molecule has 0 saturated carbocycles. The molecule has 0 fully saturated rings. The number of para-hydroxylation sites is 1. The molecule has 5 nitrogen and oxygen atoms in total. The summed E-state index contributed by atoms with van der Waals surface area (Å²) in [4.78, 5) is 26.4. The largest absolute Gasteiger partial charge is 0.450 e. The molecule has 2 aromatic carbocycles. The summed E-state index contributed by atoms with van der Waals surface area (Å²) in [6.45, 7) is 2.55. The molecule has 1 heterocycles. The van der Waals surface area contributed by atoms with Crippen molar-refractivity contribution in [2.75, 3.05) is 13.1 Å². The van der Waals surface area contributed by atoms with E-state index < -0.39 is 0 Å². The molecule has 0 spiro atoms. The van der Waals surface area contributed by atoms with Crippen molar-refractivity contribution < 1.29 is 14.0 Å². The van der Waals surface area contributed by atoms with E-state index >= 15 is 0 Å². The lowest BCUT2D eigenvalue weighted by atomic mass is 10.2. The van der Waals surface area contributed by atoms with Gasteiger partial charge in [-0.25, -0.2) is 0 Å². The van der Waals surface area contributed by atoms with Crippen molar-refractivity contribution in [1.29, 1.82) is 0 Å². The summed E-state index contributed by atoms with van der Waals surface area (Å²) in [6.07, 6.45) is 0. The molecule has 0 aliphatic carbocycles. The first kappa shape index (κ1) is 19.5. The molecule has 7 heteroatoms. The highest BCUT2D eigenvalue weighted by Crippen LogP contribution is 2.27. The molecule has 27 heavy (non-hydrogen) atoms. The van der Waals surface area contributed by atoms with Crippen LogP contribution in [0.5, 0.6) is 0 Å². The van der Waals surface area contributed by atoms with Gasteiger partial charge in [-0.15, -0.1) is 0 Å². The molecule has 3 rings (SSSR count). The Bertz CT molecular complexity index is 969. The number of likely N-dealkylation sites (N-methyl/N-ethyl adjacent to an activating group) is 1.